The highest BCUT2D eigenvalue weighted by atomic mass is 19.1. The molecule has 3 rings (SSSR count). The zero-order valence-electron chi connectivity index (χ0n) is 12.6. The van der Waals surface area contributed by atoms with Crippen LogP contribution in [-0.4, -0.2) is 23.2 Å². The molecule has 0 aromatic heterocycles. The number of benzodiazepines with no additional fused rings is 1. The lowest BCUT2D eigenvalue weighted by atomic mass is 9.99. The molecule has 0 radical (unpaired) electrons. The standard InChI is InChI=1S/C17H16FN3O2/c1-2-11-10-19-16-8-7-12(21(22)23)9-14(16)17(20-11)13-5-3-4-6-15(13)18/h3-9,11,19H,2,10H2,1H3. The number of nitro benzene ring substituents is 1. The van der Waals surface area contributed by atoms with Crippen molar-refractivity contribution in [1.82, 2.24) is 0 Å². The fourth-order valence-electron chi connectivity index (χ4n) is 2.62. The summed E-state index contributed by atoms with van der Waals surface area (Å²) in [7, 11) is 0. The summed E-state index contributed by atoms with van der Waals surface area (Å²) in [6.07, 6.45) is 0.793. The average molecular weight is 313 g/mol. The van der Waals surface area contributed by atoms with Crippen molar-refractivity contribution >= 4 is 17.1 Å². The number of hydrogen-bond acceptors (Lipinski definition) is 4. The molecule has 0 saturated heterocycles. The Labute approximate surface area is 133 Å². The average Bonchev–Trinajstić information content (AvgIpc) is 2.74. The minimum Gasteiger partial charge on any atom is -0.382 e. The number of rotatable bonds is 3. The van der Waals surface area contributed by atoms with E-state index >= 15 is 0 Å². The molecule has 2 aromatic rings. The van der Waals surface area contributed by atoms with Crippen molar-refractivity contribution < 1.29 is 9.31 Å². The molecule has 1 aliphatic heterocycles. The Hall–Kier alpha value is -2.76. The van der Waals surface area contributed by atoms with Gasteiger partial charge >= 0.3 is 0 Å². The molecule has 1 heterocycles. The highest BCUT2D eigenvalue weighted by Gasteiger charge is 2.23. The molecule has 1 aliphatic rings. The highest BCUT2D eigenvalue weighted by Crippen LogP contribution is 2.29. The van der Waals surface area contributed by atoms with Crippen molar-refractivity contribution in [3.8, 4) is 0 Å². The number of nitrogens with one attached hydrogen (secondary N) is 1. The van der Waals surface area contributed by atoms with Crippen LogP contribution in [0.4, 0.5) is 15.8 Å². The summed E-state index contributed by atoms with van der Waals surface area (Å²) >= 11 is 0. The monoisotopic (exact) mass is 313 g/mol. The van der Waals surface area contributed by atoms with Gasteiger partial charge in [-0.15, -0.1) is 0 Å². The van der Waals surface area contributed by atoms with Crippen LogP contribution in [0.5, 0.6) is 0 Å². The first kappa shape index (κ1) is 15.1. The van der Waals surface area contributed by atoms with Crippen molar-refractivity contribution in [3.05, 3.63) is 69.5 Å². The van der Waals surface area contributed by atoms with E-state index in [0.717, 1.165) is 12.1 Å². The van der Waals surface area contributed by atoms with Crippen LogP contribution >= 0.6 is 0 Å². The summed E-state index contributed by atoms with van der Waals surface area (Å²) in [5.74, 6) is -0.388. The van der Waals surface area contributed by atoms with E-state index < -0.39 is 4.92 Å². The number of aliphatic imine (C=N–C) groups is 1. The normalized spacial score (nSPS) is 16.8. The highest BCUT2D eigenvalue weighted by molar-refractivity contribution is 6.16. The Morgan fingerprint density at radius 3 is 2.78 bits per heavy atom. The van der Waals surface area contributed by atoms with Gasteiger partial charge in [0.05, 0.1) is 16.7 Å². The van der Waals surface area contributed by atoms with Crippen LogP contribution < -0.4 is 5.32 Å². The van der Waals surface area contributed by atoms with Crippen molar-refractivity contribution in [2.75, 3.05) is 11.9 Å². The molecule has 0 bridgehead atoms. The van der Waals surface area contributed by atoms with E-state index in [1.54, 1.807) is 24.3 Å². The minimum absolute atomic E-state index is 0.0175. The first-order chi connectivity index (χ1) is 11.1. The number of nitrogens with zero attached hydrogens (tertiary/aromatic N) is 2. The Morgan fingerprint density at radius 1 is 1.30 bits per heavy atom. The Kier molecular flexibility index (Phi) is 4.06. The molecular weight excluding hydrogens is 297 g/mol. The van der Waals surface area contributed by atoms with E-state index in [0.29, 0.717) is 23.4 Å². The van der Waals surface area contributed by atoms with Crippen molar-refractivity contribution in [2.45, 2.75) is 19.4 Å². The summed E-state index contributed by atoms with van der Waals surface area (Å²) < 4.78 is 14.3. The molecule has 5 nitrogen and oxygen atoms in total. The van der Waals surface area contributed by atoms with Gasteiger partial charge in [-0.1, -0.05) is 19.1 Å². The van der Waals surface area contributed by atoms with Crippen molar-refractivity contribution in [2.24, 2.45) is 4.99 Å². The van der Waals surface area contributed by atoms with Gasteiger partial charge in [-0.2, -0.15) is 0 Å². The molecule has 1 unspecified atom stereocenters. The lowest BCUT2D eigenvalue weighted by Gasteiger charge is -2.11. The number of benzene rings is 2. The Morgan fingerprint density at radius 2 is 2.09 bits per heavy atom. The van der Waals surface area contributed by atoms with E-state index in [4.69, 9.17) is 0 Å². The zero-order valence-corrected chi connectivity index (χ0v) is 12.6. The molecule has 1 N–H and O–H groups in total. The van der Waals surface area contributed by atoms with Gasteiger partial charge in [-0.25, -0.2) is 4.39 Å². The molecule has 0 amide bonds. The lowest BCUT2D eigenvalue weighted by Crippen LogP contribution is -2.16. The van der Waals surface area contributed by atoms with Gasteiger partial charge in [-0.05, 0) is 24.6 Å². The van der Waals surface area contributed by atoms with Gasteiger partial charge in [0.2, 0.25) is 0 Å². The number of hydrogen-bond donors (Lipinski definition) is 1. The molecule has 23 heavy (non-hydrogen) atoms. The van der Waals surface area contributed by atoms with Gasteiger partial charge in [0.15, 0.2) is 0 Å². The third-order valence-corrected chi connectivity index (χ3v) is 3.91. The van der Waals surface area contributed by atoms with Crippen LogP contribution in [0.25, 0.3) is 0 Å². The van der Waals surface area contributed by atoms with Gasteiger partial charge in [-0.3, -0.25) is 15.1 Å². The first-order valence-corrected chi connectivity index (χ1v) is 7.45. The quantitative estimate of drug-likeness (QED) is 0.692. The van der Waals surface area contributed by atoms with E-state index in [-0.39, 0.29) is 17.5 Å². The van der Waals surface area contributed by atoms with Crippen LogP contribution in [0.1, 0.15) is 24.5 Å². The van der Waals surface area contributed by atoms with Crippen molar-refractivity contribution in [1.29, 1.82) is 0 Å². The molecule has 118 valence electrons. The number of halogens is 1. The topological polar surface area (TPSA) is 67.5 Å². The van der Waals surface area contributed by atoms with Crippen LogP contribution in [0.15, 0.2) is 47.5 Å². The number of non-ortho nitro benzene ring substituents is 1. The SMILES string of the molecule is CCC1CNc2ccc([N+](=O)[O-])cc2C(c2ccccc2F)=N1. The molecular formula is C17H16FN3O2. The van der Waals surface area contributed by atoms with Gasteiger partial charge in [0.1, 0.15) is 5.82 Å². The molecule has 0 spiro atoms. The molecule has 1 atom stereocenters. The smallest absolute Gasteiger partial charge is 0.270 e. The Balaban J connectivity index is 2.22. The van der Waals surface area contributed by atoms with E-state index in [1.165, 1.54) is 18.2 Å². The maximum Gasteiger partial charge on any atom is 0.270 e. The minimum atomic E-state index is -0.457. The number of anilines is 1. The lowest BCUT2D eigenvalue weighted by molar-refractivity contribution is -0.384. The summed E-state index contributed by atoms with van der Waals surface area (Å²) in [5, 5.41) is 14.3. The third kappa shape index (κ3) is 2.92. The van der Waals surface area contributed by atoms with E-state index in [1.807, 2.05) is 6.92 Å². The summed E-state index contributed by atoms with van der Waals surface area (Å²) in [4.78, 5) is 15.3. The third-order valence-electron chi connectivity index (χ3n) is 3.91. The fourth-order valence-corrected chi connectivity index (χ4v) is 2.62. The Bertz CT molecular complexity index is 789. The first-order valence-electron chi connectivity index (χ1n) is 7.45. The number of fused-ring (bicyclic) bond motifs is 1. The molecule has 2 aromatic carbocycles. The fraction of sp³-hybridized carbons (Fsp3) is 0.235. The van der Waals surface area contributed by atoms with E-state index in [2.05, 4.69) is 10.3 Å². The molecule has 0 aliphatic carbocycles. The second kappa shape index (κ2) is 6.16. The predicted molar refractivity (Wildman–Crippen MR) is 87.7 cm³/mol. The van der Waals surface area contributed by atoms with Crippen LogP contribution in [-0.2, 0) is 0 Å². The van der Waals surface area contributed by atoms with Crippen LogP contribution in [0, 0.1) is 15.9 Å². The predicted octanol–water partition coefficient (Wildman–Crippen LogP) is 3.78. The summed E-state index contributed by atoms with van der Waals surface area (Å²) in [5.41, 5.74) is 2.06. The molecule has 6 heteroatoms. The zero-order chi connectivity index (χ0) is 16.4. The molecule has 0 fully saturated rings. The van der Waals surface area contributed by atoms with E-state index in [9.17, 15) is 14.5 Å². The van der Waals surface area contributed by atoms with Gasteiger partial charge in [0.25, 0.3) is 5.69 Å². The van der Waals surface area contributed by atoms with Crippen LogP contribution in [0.3, 0.4) is 0 Å². The largest absolute Gasteiger partial charge is 0.382 e. The molecule has 0 saturated carbocycles. The van der Waals surface area contributed by atoms with Gasteiger partial charge < -0.3 is 5.32 Å². The second-order valence-corrected chi connectivity index (χ2v) is 5.39. The number of nitro groups is 1. The maximum atomic E-state index is 14.3. The van der Waals surface area contributed by atoms with Crippen LogP contribution in [0.2, 0.25) is 0 Å². The summed E-state index contributed by atoms with van der Waals surface area (Å²) in [6.45, 7) is 2.62. The van der Waals surface area contributed by atoms with Crippen molar-refractivity contribution in [3.63, 3.8) is 0 Å². The summed E-state index contributed by atoms with van der Waals surface area (Å²) in [6, 6.07) is 10.9. The van der Waals surface area contributed by atoms with Gasteiger partial charge in [0, 0.05) is 35.5 Å². The maximum absolute atomic E-state index is 14.3. The second-order valence-electron chi connectivity index (χ2n) is 5.39.